The number of hydrogen-bond acceptors (Lipinski definition) is 4. The molecule has 1 N–H and O–H groups in total. The molecule has 0 aromatic carbocycles. The van der Waals surface area contributed by atoms with E-state index in [0.717, 1.165) is 17.8 Å². The van der Waals surface area contributed by atoms with Crippen LogP contribution >= 0.6 is 0 Å². The quantitative estimate of drug-likeness (QED) is 0.473. The van der Waals surface area contributed by atoms with E-state index in [-0.39, 0.29) is 6.61 Å². The molecule has 4 aliphatic carbocycles. The third-order valence-electron chi connectivity index (χ3n) is 6.66. The van der Waals surface area contributed by atoms with Gasteiger partial charge in [0.1, 0.15) is 0 Å². The Morgan fingerprint density at radius 3 is 2.00 bits per heavy atom. The van der Waals surface area contributed by atoms with E-state index in [2.05, 4.69) is 0 Å². The highest BCUT2D eigenvalue weighted by Gasteiger charge is 2.57. The molecular weight excluding hydrogens is 366 g/mol. The fourth-order valence-corrected chi connectivity index (χ4v) is 6.06. The van der Waals surface area contributed by atoms with E-state index in [1.807, 2.05) is 0 Å². The van der Waals surface area contributed by atoms with Crippen molar-refractivity contribution in [2.45, 2.75) is 69.6 Å². The zero-order chi connectivity index (χ0) is 19.2. The second-order valence-electron chi connectivity index (χ2n) is 8.98. The molecule has 0 aliphatic heterocycles. The molecular formula is C18H30F2O5S. The van der Waals surface area contributed by atoms with Crippen molar-refractivity contribution >= 4 is 10.1 Å². The summed E-state index contributed by atoms with van der Waals surface area (Å²) < 4.78 is 69.6. The van der Waals surface area contributed by atoms with Crippen LogP contribution < -0.4 is 0 Å². The van der Waals surface area contributed by atoms with Gasteiger partial charge in [0.05, 0.1) is 13.2 Å². The Bertz CT molecular complexity index is 582. The first kappa shape index (κ1) is 20.4. The van der Waals surface area contributed by atoms with Gasteiger partial charge < -0.3 is 9.47 Å². The van der Waals surface area contributed by atoms with Crippen molar-refractivity contribution in [3.05, 3.63) is 0 Å². The van der Waals surface area contributed by atoms with E-state index in [4.69, 9.17) is 14.0 Å². The van der Waals surface area contributed by atoms with Crippen LogP contribution in [0.1, 0.15) is 58.8 Å². The summed E-state index contributed by atoms with van der Waals surface area (Å²) in [5.74, 6) is -0.588. The van der Waals surface area contributed by atoms with Gasteiger partial charge >= 0.3 is 10.1 Å². The van der Waals surface area contributed by atoms with E-state index < -0.39 is 21.0 Å². The van der Waals surface area contributed by atoms with E-state index in [9.17, 15) is 17.2 Å². The van der Waals surface area contributed by atoms with Crippen molar-refractivity contribution in [2.75, 3.05) is 19.8 Å². The number of rotatable bonds is 9. The minimum absolute atomic E-state index is 0.192. The second kappa shape index (κ2) is 6.94. The highest BCUT2D eigenvalue weighted by Crippen LogP contribution is 2.60. The SMILES string of the molecule is CC(F)(OCCCOCC12CC3CC(CC(C3)C1)C2)C(C)(F)S(=O)(=O)O. The maximum atomic E-state index is 14.2. The molecule has 0 spiro atoms. The van der Waals surface area contributed by atoms with Crippen LogP contribution in [-0.4, -0.2) is 43.6 Å². The number of hydrogen-bond donors (Lipinski definition) is 1. The fourth-order valence-electron chi connectivity index (χ4n) is 5.54. The van der Waals surface area contributed by atoms with Crippen LogP contribution in [0.3, 0.4) is 0 Å². The molecule has 2 unspecified atom stereocenters. The zero-order valence-electron chi connectivity index (χ0n) is 15.5. The molecule has 4 saturated carbocycles. The lowest BCUT2D eigenvalue weighted by Gasteiger charge is -2.56. The van der Waals surface area contributed by atoms with Crippen LogP contribution in [0.2, 0.25) is 0 Å². The summed E-state index contributed by atoms with van der Waals surface area (Å²) >= 11 is 0. The van der Waals surface area contributed by atoms with Gasteiger partial charge in [-0.3, -0.25) is 4.55 Å². The van der Waals surface area contributed by atoms with Crippen LogP contribution in [0, 0.1) is 23.2 Å². The first-order chi connectivity index (χ1) is 11.9. The molecule has 2 atom stereocenters. The molecule has 0 aromatic heterocycles. The molecule has 8 heteroatoms. The Kier molecular flexibility index (Phi) is 5.45. The minimum Gasteiger partial charge on any atom is -0.381 e. The fraction of sp³-hybridized carbons (Fsp3) is 1.00. The number of ether oxygens (including phenoxy) is 2. The van der Waals surface area contributed by atoms with Crippen molar-refractivity contribution in [1.29, 1.82) is 0 Å². The summed E-state index contributed by atoms with van der Waals surface area (Å²) in [6.45, 7) is 1.98. The van der Waals surface area contributed by atoms with Crippen LogP contribution in [0.5, 0.6) is 0 Å². The largest absolute Gasteiger partial charge is 0.381 e. The van der Waals surface area contributed by atoms with Crippen molar-refractivity contribution in [3.63, 3.8) is 0 Å². The van der Waals surface area contributed by atoms with Crippen LogP contribution in [0.15, 0.2) is 0 Å². The van der Waals surface area contributed by atoms with Gasteiger partial charge in [0.25, 0.3) is 10.9 Å². The van der Waals surface area contributed by atoms with Gasteiger partial charge in [-0.25, -0.2) is 8.78 Å². The van der Waals surface area contributed by atoms with Gasteiger partial charge in [-0.05, 0) is 82.0 Å². The lowest BCUT2D eigenvalue weighted by Crippen LogP contribution is -2.50. The maximum Gasteiger partial charge on any atom is 0.306 e. The van der Waals surface area contributed by atoms with Crippen LogP contribution in [-0.2, 0) is 19.6 Å². The van der Waals surface area contributed by atoms with E-state index in [1.165, 1.54) is 38.5 Å². The molecule has 0 heterocycles. The summed E-state index contributed by atoms with van der Waals surface area (Å²) in [5, 5.41) is -3.53. The van der Waals surface area contributed by atoms with Crippen molar-refractivity contribution in [3.8, 4) is 0 Å². The summed E-state index contributed by atoms with van der Waals surface area (Å²) in [4.78, 5) is 0. The molecule has 0 aromatic rings. The van der Waals surface area contributed by atoms with Crippen LogP contribution in [0.4, 0.5) is 8.78 Å². The predicted molar refractivity (Wildman–Crippen MR) is 92.6 cm³/mol. The standard InChI is InChI=1S/C18H30F2O5S/c1-16(19,17(2,20)26(21,22)23)25-5-3-4-24-12-18-9-13-6-14(10-18)8-15(7-13)11-18/h13-15H,3-12H2,1-2H3,(H,21,22,23). The lowest BCUT2D eigenvalue weighted by atomic mass is 9.50. The first-order valence-corrected chi connectivity index (χ1v) is 10.9. The van der Waals surface area contributed by atoms with Gasteiger partial charge in [-0.15, -0.1) is 0 Å². The van der Waals surface area contributed by atoms with Gasteiger partial charge in [0.2, 0.25) is 0 Å². The topological polar surface area (TPSA) is 72.8 Å². The lowest BCUT2D eigenvalue weighted by molar-refractivity contribution is -0.188. The minimum atomic E-state index is -5.23. The average Bonchev–Trinajstić information content (AvgIpc) is 2.48. The molecule has 4 rings (SSSR count). The van der Waals surface area contributed by atoms with Gasteiger partial charge in [0, 0.05) is 6.61 Å². The Morgan fingerprint density at radius 1 is 1.04 bits per heavy atom. The highest BCUT2D eigenvalue weighted by atomic mass is 32.2. The van der Waals surface area contributed by atoms with Gasteiger partial charge in [0.15, 0.2) is 0 Å². The zero-order valence-corrected chi connectivity index (χ0v) is 16.4. The third kappa shape index (κ3) is 3.93. The molecule has 0 saturated heterocycles. The Hall–Kier alpha value is -0.310. The molecule has 152 valence electrons. The predicted octanol–water partition coefficient (Wildman–Crippen LogP) is 3.89. The Morgan fingerprint density at radius 2 is 1.54 bits per heavy atom. The van der Waals surface area contributed by atoms with Gasteiger partial charge in [-0.2, -0.15) is 8.42 Å². The van der Waals surface area contributed by atoms with Crippen molar-refractivity contribution < 1.29 is 31.2 Å². The molecule has 0 radical (unpaired) electrons. The first-order valence-electron chi connectivity index (χ1n) is 9.51. The molecule has 5 nitrogen and oxygen atoms in total. The smallest absolute Gasteiger partial charge is 0.306 e. The normalized spacial score (nSPS) is 38.1. The molecule has 26 heavy (non-hydrogen) atoms. The van der Waals surface area contributed by atoms with Crippen molar-refractivity contribution in [1.82, 2.24) is 0 Å². The molecule has 4 bridgehead atoms. The van der Waals surface area contributed by atoms with Crippen LogP contribution in [0.25, 0.3) is 0 Å². The second-order valence-corrected chi connectivity index (χ2v) is 10.7. The number of halogens is 2. The van der Waals surface area contributed by atoms with Crippen molar-refractivity contribution in [2.24, 2.45) is 23.2 Å². The van der Waals surface area contributed by atoms with E-state index in [1.54, 1.807) is 0 Å². The summed E-state index contributed by atoms with van der Waals surface area (Å²) in [7, 11) is -5.23. The summed E-state index contributed by atoms with van der Waals surface area (Å²) in [6.07, 6.45) is 8.17. The molecule has 0 amide bonds. The highest BCUT2D eigenvalue weighted by molar-refractivity contribution is 7.87. The summed E-state index contributed by atoms with van der Waals surface area (Å²) in [5.41, 5.74) is 0.298. The van der Waals surface area contributed by atoms with Gasteiger partial charge in [-0.1, -0.05) is 0 Å². The van der Waals surface area contributed by atoms with E-state index >= 15 is 0 Å². The summed E-state index contributed by atoms with van der Waals surface area (Å²) in [6, 6.07) is 0. The molecule has 4 aliphatic rings. The average molecular weight is 396 g/mol. The molecule has 4 fully saturated rings. The Balaban J connectivity index is 1.39. The monoisotopic (exact) mass is 396 g/mol. The third-order valence-corrected chi connectivity index (χ3v) is 7.99. The Labute approximate surface area is 154 Å². The van der Waals surface area contributed by atoms with E-state index in [0.29, 0.717) is 38.9 Å². The number of alkyl halides is 2. The maximum absolute atomic E-state index is 14.2.